The van der Waals surface area contributed by atoms with E-state index in [1.165, 1.54) is 12.3 Å². The van der Waals surface area contributed by atoms with E-state index in [2.05, 4.69) is 25.8 Å². The van der Waals surface area contributed by atoms with Gasteiger partial charge in [0.2, 0.25) is 32.4 Å². The number of rotatable bonds is 2. The number of halogens is 1. The lowest BCUT2D eigenvalue weighted by Gasteiger charge is -2.55. The zero-order valence-electron chi connectivity index (χ0n) is 20.3. The van der Waals surface area contributed by atoms with Gasteiger partial charge in [0, 0.05) is 25.4 Å². The van der Waals surface area contributed by atoms with Crippen molar-refractivity contribution in [2.24, 2.45) is 5.41 Å². The summed E-state index contributed by atoms with van der Waals surface area (Å²) in [5.41, 5.74) is -1.43. The lowest BCUT2D eigenvalue weighted by Crippen LogP contribution is -2.75. The first-order valence-electron chi connectivity index (χ1n) is 11.6. The molecule has 5 heterocycles. The lowest BCUT2D eigenvalue weighted by atomic mass is 9.66. The van der Waals surface area contributed by atoms with Crippen LogP contribution < -0.4 is 15.5 Å². The van der Waals surface area contributed by atoms with Crippen molar-refractivity contribution < 1.29 is 36.5 Å². The average molecular weight is 545 g/mol. The highest BCUT2D eigenvalue weighted by molar-refractivity contribution is 7.90. The molecule has 1 spiro atoms. The Morgan fingerprint density at radius 2 is 1.89 bits per heavy atom. The standard InChI is InChI=1S/C23H21FN6O7S/c1-9-8-30-16-11(7-23(18(30)10(2)36-9)19(31)27-21(33)28-20(23)32)6-12-15(29-37-17(12)14(16)24)13-4-5-25-22(26-13)38(3,34)35/h4-6,9-10,18H,7-8H2,1-3H3,(H2,27,28,31,32,33). The van der Waals surface area contributed by atoms with Crippen LogP contribution in [-0.2, 0) is 30.6 Å². The summed E-state index contributed by atoms with van der Waals surface area (Å²) in [5, 5.41) is 8.03. The van der Waals surface area contributed by atoms with Crippen LogP contribution in [0.3, 0.4) is 0 Å². The zero-order valence-corrected chi connectivity index (χ0v) is 21.1. The molecule has 3 aliphatic rings. The second-order valence-corrected chi connectivity index (χ2v) is 11.6. The molecular weight excluding hydrogens is 523 g/mol. The molecule has 1 aromatic carbocycles. The van der Waals surface area contributed by atoms with Crippen LogP contribution in [0.4, 0.5) is 14.9 Å². The van der Waals surface area contributed by atoms with Crippen molar-refractivity contribution in [3.8, 4) is 11.4 Å². The molecule has 3 aromatic rings. The van der Waals surface area contributed by atoms with Crippen LogP contribution in [0.5, 0.6) is 0 Å². The first-order valence-corrected chi connectivity index (χ1v) is 13.5. The van der Waals surface area contributed by atoms with E-state index in [0.717, 1.165) is 6.26 Å². The largest absolute Gasteiger partial charge is 0.372 e. The third-order valence-electron chi connectivity index (χ3n) is 7.17. The Bertz CT molecular complexity index is 1650. The molecule has 0 bridgehead atoms. The van der Waals surface area contributed by atoms with Gasteiger partial charge < -0.3 is 14.2 Å². The van der Waals surface area contributed by atoms with Crippen LogP contribution in [-0.4, -0.2) is 72.4 Å². The van der Waals surface area contributed by atoms with Crippen molar-refractivity contribution in [1.29, 1.82) is 0 Å². The van der Waals surface area contributed by atoms with Crippen molar-refractivity contribution in [1.82, 2.24) is 25.8 Å². The molecule has 3 atom stereocenters. The number of aromatic nitrogens is 3. The van der Waals surface area contributed by atoms with E-state index in [1.54, 1.807) is 24.8 Å². The number of fused-ring (bicyclic) bond motifs is 5. The number of sulfone groups is 1. The number of ether oxygens (including phenoxy) is 1. The summed E-state index contributed by atoms with van der Waals surface area (Å²) in [4.78, 5) is 48.0. The number of anilines is 1. The van der Waals surface area contributed by atoms with E-state index in [4.69, 9.17) is 9.26 Å². The van der Waals surface area contributed by atoms with E-state index < -0.39 is 56.2 Å². The monoisotopic (exact) mass is 544 g/mol. The fraction of sp³-hybridized carbons (Fsp3) is 0.391. The minimum Gasteiger partial charge on any atom is -0.372 e. The Morgan fingerprint density at radius 3 is 2.58 bits per heavy atom. The van der Waals surface area contributed by atoms with Crippen molar-refractivity contribution >= 4 is 44.3 Å². The summed E-state index contributed by atoms with van der Waals surface area (Å²) < 4.78 is 51.4. The molecule has 3 unspecified atom stereocenters. The number of carbonyl (C=O) groups is 3. The van der Waals surface area contributed by atoms with Crippen molar-refractivity contribution in [3.63, 3.8) is 0 Å². The van der Waals surface area contributed by atoms with Gasteiger partial charge in [0.25, 0.3) is 0 Å². The van der Waals surface area contributed by atoms with Crippen molar-refractivity contribution in [2.45, 2.75) is 43.7 Å². The first kappa shape index (κ1) is 24.4. The highest BCUT2D eigenvalue weighted by atomic mass is 32.2. The van der Waals surface area contributed by atoms with Crippen LogP contribution in [0.25, 0.3) is 22.4 Å². The Balaban J connectivity index is 1.58. The number of carbonyl (C=O) groups excluding carboxylic acids is 3. The topological polar surface area (TPSA) is 174 Å². The van der Waals surface area contributed by atoms with E-state index >= 15 is 4.39 Å². The Kier molecular flexibility index (Phi) is 5.13. The van der Waals surface area contributed by atoms with Gasteiger partial charge in [-0.25, -0.2) is 27.6 Å². The highest BCUT2D eigenvalue weighted by Crippen LogP contribution is 2.49. The van der Waals surface area contributed by atoms with Crippen LogP contribution in [0.2, 0.25) is 0 Å². The molecule has 0 saturated carbocycles. The number of hydrogen-bond donors (Lipinski definition) is 2. The fourth-order valence-electron chi connectivity index (χ4n) is 5.78. The summed E-state index contributed by atoms with van der Waals surface area (Å²) in [6, 6.07) is 1.09. The molecule has 6 rings (SSSR count). The molecule has 2 saturated heterocycles. The third-order valence-corrected chi connectivity index (χ3v) is 8.03. The lowest BCUT2D eigenvalue weighted by molar-refractivity contribution is -0.153. The normalized spacial score (nSPS) is 24.7. The number of nitrogens with one attached hydrogen (secondary N) is 2. The molecule has 15 heteroatoms. The Labute approximate surface area is 214 Å². The van der Waals surface area contributed by atoms with Gasteiger partial charge in [-0.1, -0.05) is 5.16 Å². The summed E-state index contributed by atoms with van der Waals surface area (Å²) in [6.45, 7) is 3.63. The molecule has 2 aromatic heterocycles. The van der Waals surface area contributed by atoms with Crippen LogP contribution >= 0.6 is 0 Å². The van der Waals surface area contributed by atoms with E-state index in [0.29, 0.717) is 5.56 Å². The van der Waals surface area contributed by atoms with E-state index in [9.17, 15) is 22.8 Å². The summed E-state index contributed by atoms with van der Waals surface area (Å²) >= 11 is 0. The number of hydrogen-bond acceptors (Lipinski definition) is 11. The minimum atomic E-state index is -3.74. The van der Waals surface area contributed by atoms with Crippen LogP contribution in [0, 0.1) is 11.2 Å². The number of amides is 4. The molecule has 0 aliphatic carbocycles. The molecular formula is C23H21FN6O7S. The van der Waals surface area contributed by atoms with Gasteiger partial charge in [-0.3, -0.25) is 20.2 Å². The number of imide groups is 2. The smallest absolute Gasteiger partial charge is 0.328 e. The van der Waals surface area contributed by atoms with E-state index in [1.807, 2.05) is 0 Å². The van der Waals surface area contributed by atoms with Gasteiger partial charge in [-0.2, -0.15) is 0 Å². The van der Waals surface area contributed by atoms with Crippen LogP contribution in [0.15, 0.2) is 28.0 Å². The van der Waals surface area contributed by atoms with Gasteiger partial charge >= 0.3 is 6.03 Å². The predicted octanol–water partition coefficient (Wildman–Crippen LogP) is 0.718. The molecule has 13 nitrogen and oxygen atoms in total. The fourth-order valence-corrected chi connectivity index (χ4v) is 6.30. The van der Waals surface area contributed by atoms with Gasteiger partial charge in [0.05, 0.1) is 35.0 Å². The highest BCUT2D eigenvalue weighted by Gasteiger charge is 2.63. The maximum absolute atomic E-state index is 16.2. The SMILES string of the molecule is CC1CN2c3c(cc4c(-c5ccnc(S(C)(=O)=O)n5)noc4c3F)CC3(C(=O)NC(=O)NC3=O)C2C(C)O1. The minimum absolute atomic E-state index is 0.0570. The van der Waals surface area contributed by atoms with Crippen molar-refractivity contribution in [2.75, 3.05) is 17.7 Å². The second-order valence-electron chi connectivity index (χ2n) is 9.74. The maximum atomic E-state index is 16.2. The third kappa shape index (κ3) is 3.34. The second kappa shape index (κ2) is 8.01. The molecule has 4 amide bonds. The molecule has 3 aliphatic heterocycles. The Hall–Kier alpha value is -3.98. The first-order chi connectivity index (χ1) is 17.9. The average Bonchev–Trinajstić information content (AvgIpc) is 3.25. The number of morpholine rings is 1. The predicted molar refractivity (Wildman–Crippen MR) is 127 cm³/mol. The zero-order chi connectivity index (χ0) is 27.1. The molecule has 38 heavy (non-hydrogen) atoms. The number of urea groups is 1. The van der Waals surface area contributed by atoms with E-state index in [-0.39, 0.29) is 47.1 Å². The number of nitrogens with zero attached hydrogens (tertiary/aromatic N) is 4. The quantitative estimate of drug-likeness (QED) is 0.344. The molecule has 198 valence electrons. The molecule has 0 radical (unpaired) electrons. The Morgan fingerprint density at radius 1 is 1.18 bits per heavy atom. The van der Waals surface area contributed by atoms with Gasteiger partial charge in [-0.15, -0.1) is 0 Å². The summed E-state index contributed by atoms with van der Waals surface area (Å²) in [5.74, 6) is -2.38. The summed E-state index contributed by atoms with van der Waals surface area (Å²) in [6.07, 6.45) is 0.905. The van der Waals surface area contributed by atoms with Gasteiger partial charge in [-0.05, 0) is 31.5 Å². The van der Waals surface area contributed by atoms with Gasteiger partial charge in [0.1, 0.15) is 5.69 Å². The maximum Gasteiger partial charge on any atom is 0.328 e. The molecule has 2 N–H and O–H groups in total. The number of barbiturate groups is 1. The van der Waals surface area contributed by atoms with Crippen LogP contribution in [0.1, 0.15) is 19.4 Å². The van der Waals surface area contributed by atoms with Gasteiger partial charge in [0.15, 0.2) is 11.2 Å². The van der Waals surface area contributed by atoms with Crippen molar-refractivity contribution in [3.05, 3.63) is 29.7 Å². The number of benzene rings is 1. The molecule has 2 fully saturated rings. The summed E-state index contributed by atoms with van der Waals surface area (Å²) in [7, 11) is -3.74.